The molecule has 0 bridgehead atoms. The van der Waals surface area contributed by atoms with E-state index in [1.807, 2.05) is 0 Å². The number of nitrogens with one attached hydrogen (secondary N) is 3. The Morgan fingerprint density at radius 1 is 1.21 bits per heavy atom. The van der Waals surface area contributed by atoms with E-state index >= 15 is 0 Å². The van der Waals surface area contributed by atoms with Gasteiger partial charge in [0, 0.05) is 11.0 Å². The number of halogens is 2. The van der Waals surface area contributed by atoms with Gasteiger partial charge in [0.25, 0.3) is 0 Å². The Labute approximate surface area is 179 Å². The van der Waals surface area contributed by atoms with Gasteiger partial charge < -0.3 is 10.6 Å². The summed E-state index contributed by atoms with van der Waals surface area (Å²) < 4.78 is 39.7. The average Bonchev–Trinajstić information content (AvgIpc) is 2.68. The number of amides is 2. The third-order valence-electron chi connectivity index (χ3n) is 4.10. The van der Waals surface area contributed by atoms with E-state index in [2.05, 4.69) is 31.9 Å². The molecule has 1 fully saturated rings. The maximum Gasteiger partial charge on any atom is 0.241 e. The zero-order valence-electron chi connectivity index (χ0n) is 14.9. The third kappa shape index (κ3) is 5.35. The predicted octanol–water partition coefficient (Wildman–Crippen LogP) is 2.11. The Hall–Kier alpha value is -1.95. The fourth-order valence-electron chi connectivity index (χ4n) is 2.63. The summed E-state index contributed by atoms with van der Waals surface area (Å²) in [6.45, 7) is -0.0865. The molecule has 3 N–H and O–H groups in total. The topological polar surface area (TPSA) is 104 Å². The molecule has 154 valence electrons. The van der Waals surface area contributed by atoms with E-state index in [4.69, 9.17) is 0 Å². The number of para-hydroxylation sites is 1. The van der Waals surface area contributed by atoms with E-state index in [-0.39, 0.29) is 22.9 Å². The van der Waals surface area contributed by atoms with Crippen LogP contribution in [0.15, 0.2) is 57.9 Å². The molecule has 2 unspecified atom stereocenters. The van der Waals surface area contributed by atoms with Crippen LogP contribution < -0.4 is 16.0 Å². The lowest BCUT2D eigenvalue weighted by Crippen LogP contribution is -2.59. The van der Waals surface area contributed by atoms with Gasteiger partial charge in [0.05, 0.1) is 16.3 Å². The van der Waals surface area contributed by atoms with Crippen LogP contribution in [-0.4, -0.2) is 43.3 Å². The number of benzene rings is 2. The summed E-state index contributed by atoms with van der Waals surface area (Å²) in [7, 11) is -3.85. The van der Waals surface area contributed by atoms with Crippen LogP contribution in [0, 0.1) is 5.82 Å². The third-order valence-corrected chi connectivity index (χ3v) is 7.73. The molecular weight excluding hydrogens is 485 g/mol. The van der Waals surface area contributed by atoms with Gasteiger partial charge in [0.1, 0.15) is 11.3 Å². The largest absolute Gasteiger partial charge is 0.331 e. The van der Waals surface area contributed by atoms with Crippen molar-refractivity contribution in [2.24, 2.45) is 0 Å². The van der Waals surface area contributed by atoms with Crippen LogP contribution >= 0.6 is 27.7 Å². The van der Waals surface area contributed by atoms with Crippen LogP contribution in [0.3, 0.4) is 0 Å². The number of anilines is 1. The van der Waals surface area contributed by atoms with Gasteiger partial charge in [-0.1, -0.05) is 28.1 Å². The summed E-state index contributed by atoms with van der Waals surface area (Å²) in [4.78, 5) is 24.4. The van der Waals surface area contributed by atoms with E-state index in [1.54, 1.807) is 18.2 Å². The van der Waals surface area contributed by atoms with Crippen molar-refractivity contribution in [2.75, 3.05) is 17.6 Å². The van der Waals surface area contributed by atoms with E-state index < -0.39 is 38.2 Å². The highest BCUT2D eigenvalue weighted by molar-refractivity contribution is 9.10. The minimum atomic E-state index is -3.85. The second-order valence-electron chi connectivity index (χ2n) is 6.12. The van der Waals surface area contributed by atoms with Crippen molar-refractivity contribution in [1.29, 1.82) is 0 Å². The van der Waals surface area contributed by atoms with E-state index in [9.17, 15) is 22.4 Å². The van der Waals surface area contributed by atoms with Crippen LogP contribution in [-0.2, 0) is 19.4 Å². The lowest BCUT2D eigenvalue weighted by atomic mass is 10.3. The first-order chi connectivity index (χ1) is 13.8. The Balaban J connectivity index is 1.55. The van der Waals surface area contributed by atoms with E-state index in [0.29, 0.717) is 0 Å². The first kappa shape index (κ1) is 21.8. The zero-order chi connectivity index (χ0) is 21.0. The number of carbonyl (C=O) groups excluding carboxylic acids is 2. The molecule has 7 nitrogen and oxygen atoms in total. The molecule has 1 aliphatic rings. The molecule has 3 rings (SSSR count). The van der Waals surface area contributed by atoms with Crippen LogP contribution in [0.5, 0.6) is 0 Å². The minimum absolute atomic E-state index is 0.0537. The Morgan fingerprint density at radius 3 is 2.55 bits per heavy atom. The second kappa shape index (κ2) is 9.24. The first-order valence-electron chi connectivity index (χ1n) is 8.46. The molecule has 0 aromatic heterocycles. The van der Waals surface area contributed by atoms with Gasteiger partial charge in [-0.15, -0.1) is 11.8 Å². The molecule has 0 saturated carbocycles. The Kier molecular flexibility index (Phi) is 6.93. The summed E-state index contributed by atoms with van der Waals surface area (Å²) in [5, 5.41) is 6.64. The molecule has 2 aromatic carbocycles. The quantitative estimate of drug-likeness (QED) is 0.559. The molecule has 11 heteroatoms. The molecule has 1 saturated heterocycles. The van der Waals surface area contributed by atoms with Gasteiger partial charge in [-0.25, -0.2) is 12.8 Å². The van der Waals surface area contributed by atoms with E-state index in [1.165, 1.54) is 30.3 Å². The Bertz CT molecular complexity index is 1020. The highest BCUT2D eigenvalue weighted by Crippen LogP contribution is 2.22. The van der Waals surface area contributed by atoms with Gasteiger partial charge in [-0.2, -0.15) is 0 Å². The van der Waals surface area contributed by atoms with Gasteiger partial charge in [0.15, 0.2) is 15.1 Å². The average molecular weight is 502 g/mol. The highest BCUT2D eigenvalue weighted by atomic mass is 79.9. The van der Waals surface area contributed by atoms with Crippen molar-refractivity contribution in [1.82, 2.24) is 10.6 Å². The van der Waals surface area contributed by atoms with Gasteiger partial charge in [-0.05, 0) is 36.4 Å². The monoisotopic (exact) mass is 501 g/mol. The summed E-state index contributed by atoms with van der Waals surface area (Å²) in [5.74, 6) is -1.69. The molecule has 1 heterocycles. The fraction of sp³-hybridized carbons (Fsp3) is 0.222. The predicted molar refractivity (Wildman–Crippen MR) is 113 cm³/mol. The zero-order valence-corrected chi connectivity index (χ0v) is 18.1. The molecule has 0 radical (unpaired) electrons. The van der Waals surface area contributed by atoms with Crippen molar-refractivity contribution in [3.05, 3.63) is 58.8 Å². The maximum absolute atomic E-state index is 13.6. The lowest BCUT2D eigenvalue weighted by molar-refractivity contribution is -0.122. The fourth-order valence-corrected chi connectivity index (χ4v) is 5.21. The van der Waals surface area contributed by atoms with Crippen molar-refractivity contribution in [3.63, 3.8) is 0 Å². The molecule has 2 aromatic rings. The maximum atomic E-state index is 13.6. The van der Waals surface area contributed by atoms with E-state index in [0.717, 1.165) is 16.2 Å². The minimum Gasteiger partial charge on any atom is -0.331 e. The summed E-state index contributed by atoms with van der Waals surface area (Å²) in [6, 6.07) is 11.8. The van der Waals surface area contributed by atoms with Gasteiger partial charge in [-0.3, -0.25) is 14.9 Å². The summed E-state index contributed by atoms with van der Waals surface area (Å²) in [6.07, 6.45) is 0. The molecule has 0 spiro atoms. The highest BCUT2D eigenvalue weighted by Gasteiger charge is 2.38. The van der Waals surface area contributed by atoms with Gasteiger partial charge in [0.2, 0.25) is 11.8 Å². The second-order valence-corrected chi connectivity index (χ2v) is 10.3. The number of hydrogen-bond donors (Lipinski definition) is 3. The molecule has 29 heavy (non-hydrogen) atoms. The van der Waals surface area contributed by atoms with Crippen molar-refractivity contribution >= 4 is 55.0 Å². The van der Waals surface area contributed by atoms with Crippen molar-refractivity contribution in [3.8, 4) is 0 Å². The first-order valence-corrected chi connectivity index (χ1v) is 11.9. The molecule has 1 aliphatic heterocycles. The van der Waals surface area contributed by atoms with Crippen molar-refractivity contribution < 1.29 is 22.4 Å². The number of carbonyl (C=O) groups is 2. The summed E-state index contributed by atoms with van der Waals surface area (Å²) in [5.41, 5.74) is -0.565. The standard InChI is InChI=1S/C18H17BrFN3O4S2/c19-11-5-7-12(8-6-11)29(26,27)15-9-21-18(23-17(15)25)28-10-16(24)22-14-4-2-1-3-13(14)20/h1-8,15,18,21H,9-10H2,(H,22,24)(H,23,25). The molecule has 2 atom stereocenters. The van der Waals surface area contributed by atoms with Crippen LogP contribution in [0.1, 0.15) is 0 Å². The molecular formula is C18H17BrFN3O4S2. The molecule has 2 amide bonds. The Morgan fingerprint density at radius 2 is 1.90 bits per heavy atom. The van der Waals surface area contributed by atoms with Gasteiger partial charge >= 0.3 is 0 Å². The SMILES string of the molecule is O=C(CSC1NCC(S(=O)(=O)c2ccc(Br)cc2)C(=O)N1)Nc1ccccc1F. The number of hydrogen-bond acceptors (Lipinski definition) is 6. The van der Waals surface area contributed by atoms with Crippen LogP contribution in [0.4, 0.5) is 10.1 Å². The number of sulfone groups is 1. The normalized spacial score (nSPS) is 19.4. The molecule has 0 aliphatic carbocycles. The van der Waals surface area contributed by atoms with Crippen molar-refractivity contribution in [2.45, 2.75) is 15.6 Å². The smallest absolute Gasteiger partial charge is 0.241 e. The number of rotatable bonds is 6. The number of thioether (sulfide) groups is 1. The summed E-state index contributed by atoms with van der Waals surface area (Å²) >= 11 is 4.31. The van der Waals surface area contributed by atoms with Crippen LogP contribution in [0.2, 0.25) is 0 Å². The van der Waals surface area contributed by atoms with Crippen LogP contribution in [0.25, 0.3) is 0 Å². The lowest BCUT2D eigenvalue weighted by Gasteiger charge is -2.29.